The third-order valence-corrected chi connectivity index (χ3v) is 3.20. The van der Waals surface area contributed by atoms with Gasteiger partial charge in [0.05, 0.1) is 0 Å². The van der Waals surface area contributed by atoms with Gasteiger partial charge in [0, 0.05) is 25.7 Å². The van der Waals surface area contributed by atoms with Crippen molar-refractivity contribution in [2.45, 2.75) is 52.0 Å². The first-order valence-corrected chi connectivity index (χ1v) is 7.29. The van der Waals surface area contributed by atoms with E-state index in [-0.39, 0.29) is 12.5 Å². The maximum Gasteiger partial charge on any atom is 0.248 e. The Bertz CT molecular complexity index is 224. The van der Waals surface area contributed by atoms with E-state index in [2.05, 4.69) is 19.2 Å². The molecule has 1 rings (SSSR count). The van der Waals surface area contributed by atoms with Gasteiger partial charge in [-0.15, -0.1) is 0 Å². The first-order valence-electron chi connectivity index (χ1n) is 7.29. The van der Waals surface area contributed by atoms with Crippen LogP contribution >= 0.6 is 0 Å². The second-order valence-corrected chi connectivity index (χ2v) is 5.31. The van der Waals surface area contributed by atoms with Crippen LogP contribution in [0.15, 0.2) is 0 Å². The smallest absolute Gasteiger partial charge is 0.248 e. The van der Waals surface area contributed by atoms with Crippen LogP contribution in [0.4, 0.5) is 0 Å². The number of carbonyl (C=O) groups excluding carboxylic acids is 1. The molecule has 0 spiro atoms. The summed E-state index contributed by atoms with van der Waals surface area (Å²) in [5.41, 5.74) is 0. The Kier molecular flexibility index (Phi) is 8.01. The molecule has 0 aromatic carbocycles. The Hall–Kier alpha value is -0.610. The molecule has 1 heterocycles. The predicted molar refractivity (Wildman–Crippen MR) is 73.6 cm³/mol. The van der Waals surface area contributed by atoms with Crippen molar-refractivity contribution in [3.63, 3.8) is 0 Å². The molecule has 0 aromatic heterocycles. The van der Waals surface area contributed by atoms with Gasteiger partial charge in [-0.05, 0) is 25.8 Å². The maximum atomic E-state index is 11.9. The minimum Gasteiger partial charge on any atom is -0.372 e. The average Bonchev–Trinajstić information content (AvgIpc) is 2.61. The van der Waals surface area contributed by atoms with E-state index >= 15 is 0 Å². The molecule has 1 fully saturated rings. The fourth-order valence-corrected chi connectivity index (χ4v) is 2.14. The van der Waals surface area contributed by atoms with E-state index in [1.807, 2.05) is 4.90 Å². The first kappa shape index (κ1) is 15.4. The number of rotatable bonds is 7. The Morgan fingerprint density at radius 2 is 1.89 bits per heavy atom. The minimum absolute atomic E-state index is 0.161. The van der Waals surface area contributed by atoms with E-state index in [1.54, 1.807) is 0 Å². The average molecular weight is 256 g/mol. The van der Waals surface area contributed by atoms with Crippen LogP contribution in [0.3, 0.4) is 0 Å². The molecule has 1 N–H and O–H groups in total. The normalized spacial score (nSPS) is 16.9. The summed E-state index contributed by atoms with van der Waals surface area (Å²) in [6.45, 7) is 7.96. The zero-order chi connectivity index (χ0) is 13.2. The molecular formula is C14H28N2O2. The molecule has 4 heteroatoms. The zero-order valence-corrected chi connectivity index (χ0v) is 11.9. The lowest BCUT2D eigenvalue weighted by atomic mass is 10.2. The van der Waals surface area contributed by atoms with E-state index < -0.39 is 0 Å². The summed E-state index contributed by atoms with van der Waals surface area (Å²) in [5, 5.41) is 3.33. The Morgan fingerprint density at radius 1 is 1.22 bits per heavy atom. The van der Waals surface area contributed by atoms with E-state index in [0.29, 0.717) is 12.6 Å². The summed E-state index contributed by atoms with van der Waals surface area (Å²) in [7, 11) is 0. The molecule has 0 unspecified atom stereocenters. The lowest BCUT2D eigenvalue weighted by Gasteiger charge is -2.20. The predicted octanol–water partition coefficient (Wildman–Crippen LogP) is 1.79. The largest absolute Gasteiger partial charge is 0.372 e. The number of carbonyl (C=O) groups is 1. The van der Waals surface area contributed by atoms with Gasteiger partial charge in [0.25, 0.3) is 0 Å². The molecule has 1 aliphatic heterocycles. The molecule has 0 aliphatic carbocycles. The molecule has 1 aliphatic rings. The molecule has 4 nitrogen and oxygen atoms in total. The van der Waals surface area contributed by atoms with Crippen molar-refractivity contribution >= 4 is 5.91 Å². The van der Waals surface area contributed by atoms with Gasteiger partial charge in [0.15, 0.2) is 0 Å². The first-order chi connectivity index (χ1) is 8.70. The quantitative estimate of drug-likeness (QED) is 0.706. The molecule has 0 atom stereocenters. The van der Waals surface area contributed by atoms with Crippen molar-refractivity contribution < 1.29 is 9.53 Å². The highest BCUT2D eigenvalue weighted by Crippen LogP contribution is 2.09. The highest BCUT2D eigenvalue weighted by Gasteiger charge is 2.14. The topological polar surface area (TPSA) is 41.6 Å². The molecule has 106 valence electrons. The zero-order valence-electron chi connectivity index (χ0n) is 11.9. The minimum atomic E-state index is 0.161. The van der Waals surface area contributed by atoms with E-state index in [9.17, 15) is 4.79 Å². The summed E-state index contributed by atoms with van der Waals surface area (Å²) in [6, 6.07) is 0.517. The van der Waals surface area contributed by atoms with E-state index in [0.717, 1.165) is 38.9 Å². The van der Waals surface area contributed by atoms with Gasteiger partial charge < -0.3 is 15.0 Å². The lowest BCUT2D eigenvalue weighted by Crippen LogP contribution is -2.35. The number of amides is 1. The molecule has 0 bridgehead atoms. The number of ether oxygens (including phenoxy) is 1. The maximum absolute atomic E-state index is 11.9. The number of likely N-dealkylation sites (tertiary alicyclic amines) is 1. The SMILES string of the molecule is CC(C)NCCCOCC(=O)N1CCCCCC1. The fourth-order valence-electron chi connectivity index (χ4n) is 2.14. The van der Waals surface area contributed by atoms with Gasteiger partial charge in [-0.2, -0.15) is 0 Å². The Balaban J connectivity index is 2.02. The van der Waals surface area contributed by atoms with Gasteiger partial charge >= 0.3 is 0 Å². The van der Waals surface area contributed by atoms with Crippen LogP contribution in [0.1, 0.15) is 46.0 Å². The van der Waals surface area contributed by atoms with Crippen LogP contribution in [0, 0.1) is 0 Å². The summed E-state index contributed by atoms with van der Waals surface area (Å²) in [4.78, 5) is 13.8. The fraction of sp³-hybridized carbons (Fsp3) is 0.929. The van der Waals surface area contributed by atoms with Crippen LogP contribution in [0.25, 0.3) is 0 Å². The van der Waals surface area contributed by atoms with E-state index in [1.165, 1.54) is 12.8 Å². The summed E-state index contributed by atoms with van der Waals surface area (Å²) in [6.07, 6.45) is 5.76. The molecule has 0 radical (unpaired) electrons. The van der Waals surface area contributed by atoms with Gasteiger partial charge in [-0.25, -0.2) is 0 Å². The van der Waals surface area contributed by atoms with Gasteiger partial charge in [0.2, 0.25) is 5.91 Å². The molecule has 0 saturated carbocycles. The molecule has 18 heavy (non-hydrogen) atoms. The monoisotopic (exact) mass is 256 g/mol. The van der Waals surface area contributed by atoms with Crippen LogP contribution in [-0.2, 0) is 9.53 Å². The summed E-state index contributed by atoms with van der Waals surface area (Å²) in [5.74, 6) is 0.161. The van der Waals surface area contributed by atoms with Crippen molar-refractivity contribution in [1.82, 2.24) is 10.2 Å². The Morgan fingerprint density at radius 3 is 2.50 bits per heavy atom. The highest BCUT2D eigenvalue weighted by molar-refractivity contribution is 5.77. The number of hydrogen-bond donors (Lipinski definition) is 1. The summed E-state index contributed by atoms with van der Waals surface area (Å²) < 4.78 is 5.44. The van der Waals surface area contributed by atoms with Gasteiger partial charge in [0.1, 0.15) is 6.61 Å². The van der Waals surface area contributed by atoms with Crippen molar-refractivity contribution in [3.05, 3.63) is 0 Å². The van der Waals surface area contributed by atoms with Crippen LogP contribution in [-0.4, -0.2) is 49.7 Å². The highest BCUT2D eigenvalue weighted by atomic mass is 16.5. The second kappa shape index (κ2) is 9.34. The van der Waals surface area contributed by atoms with Crippen molar-refractivity contribution in [3.8, 4) is 0 Å². The van der Waals surface area contributed by atoms with Crippen molar-refractivity contribution in [2.24, 2.45) is 0 Å². The van der Waals surface area contributed by atoms with Crippen LogP contribution < -0.4 is 5.32 Å². The van der Waals surface area contributed by atoms with Crippen molar-refractivity contribution in [2.75, 3.05) is 32.8 Å². The molecule has 1 saturated heterocycles. The van der Waals surface area contributed by atoms with E-state index in [4.69, 9.17) is 4.74 Å². The lowest BCUT2D eigenvalue weighted by molar-refractivity contribution is -0.136. The van der Waals surface area contributed by atoms with Gasteiger partial charge in [-0.3, -0.25) is 4.79 Å². The number of nitrogens with one attached hydrogen (secondary N) is 1. The number of hydrogen-bond acceptors (Lipinski definition) is 3. The number of nitrogens with zero attached hydrogens (tertiary/aromatic N) is 1. The molecule has 1 amide bonds. The standard InChI is InChI=1S/C14H28N2O2/c1-13(2)15-8-7-11-18-12-14(17)16-9-5-3-4-6-10-16/h13,15H,3-12H2,1-2H3. The third-order valence-electron chi connectivity index (χ3n) is 3.20. The molecule has 0 aromatic rings. The summed E-state index contributed by atoms with van der Waals surface area (Å²) >= 11 is 0. The molecular weight excluding hydrogens is 228 g/mol. The van der Waals surface area contributed by atoms with Gasteiger partial charge in [-0.1, -0.05) is 26.7 Å². The second-order valence-electron chi connectivity index (χ2n) is 5.31. The Labute approximate surface area is 111 Å². The van der Waals surface area contributed by atoms with Crippen molar-refractivity contribution in [1.29, 1.82) is 0 Å². The third kappa shape index (κ3) is 6.97. The van der Waals surface area contributed by atoms with Crippen LogP contribution in [0.2, 0.25) is 0 Å². The van der Waals surface area contributed by atoms with Crippen LogP contribution in [0.5, 0.6) is 0 Å².